The van der Waals surface area contributed by atoms with Crippen LogP contribution in [0.5, 0.6) is 0 Å². The Morgan fingerprint density at radius 2 is 1.96 bits per heavy atom. The molecule has 0 radical (unpaired) electrons. The average Bonchev–Trinajstić information content (AvgIpc) is 3.38. The fraction of sp³-hybridized carbons (Fsp3) is 0.684. The molecule has 4 rings (SSSR count). The maximum absolute atomic E-state index is 12.6. The SMILES string of the molecule is Cc1csc(NC(=O)CN2CCC(c3nn(C)c(=O)n3C3CCCC3)CC2)n1. The highest BCUT2D eigenvalue weighted by Crippen LogP contribution is 2.33. The van der Waals surface area contributed by atoms with Crippen molar-refractivity contribution in [2.45, 2.75) is 57.4 Å². The van der Waals surface area contributed by atoms with E-state index in [1.54, 1.807) is 7.05 Å². The second kappa shape index (κ2) is 8.16. The van der Waals surface area contributed by atoms with Crippen molar-refractivity contribution >= 4 is 22.4 Å². The number of thiazole rings is 1. The molecule has 1 saturated heterocycles. The Hall–Kier alpha value is -2.00. The highest BCUT2D eigenvalue weighted by atomic mass is 32.1. The third-order valence-electron chi connectivity index (χ3n) is 5.86. The average molecular weight is 405 g/mol. The van der Waals surface area contributed by atoms with Crippen LogP contribution in [0.1, 0.15) is 62.0 Å². The lowest BCUT2D eigenvalue weighted by Crippen LogP contribution is -2.39. The summed E-state index contributed by atoms with van der Waals surface area (Å²) in [5.74, 6) is 1.21. The van der Waals surface area contributed by atoms with Gasteiger partial charge in [-0.15, -0.1) is 11.3 Å². The number of amides is 1. The van der Waals surface area contributed by atoms with Gasteiger partial charge in [-0.25, -0.2) is 14.5 Å². The molecular formula is C19H28N6O2S. The van der Waals surface area contributed by atoms with E-state index < -0.39 is 0 Å². The molecule has 2 aliphatic rings. The highest BCUT2D eigenvalue weighted by Gasteiger charge is 2.30. The Morgan fingerprint density at radius 3 is 2.61 bits per heavy atom. The fourth-order valence-electron chi connectivity index (χ4n) is 4.41. The van der Waals surface area contributed by atoms with Crippen molar-refractivity contribution in [1.82, 2.24) is 24.2 Å². The lowest BCUT2D eigenvalue weighted by Gasteiger charge is -2.31. The number of nitrogens with one attached hydrogen (secondary N) is 1. The molecule has 0 bridgehead atoms. The van der Waals surface area contributed by atoms with Crippen molar-refractivity contribution in [2.24, 2.45) is 7.05 Å². The van der Waals surface area contributed by atoms with Crippen LogP contribution in [0.4, 0.5) is 5.13 Å². The van der Waals surface area contributed by atoms with E-state index in [-0.39, 0.29) is 17.5 Å². The van der Waals surface area contributed by atoms with E-state index in [0.29, 0.717) is 17.7 Å². The van der Waals surface area contributed by atoms with Crippen LogP contribution in [0.25, 0.3) is 0 Å². The van der Waals surface area contributed by atoms with Crippen molar-refractivity contribution in [3.63, 3.8) is 0 Å². The molecule has 1 saturated carbocycles. The maximum Gasteiger partial charge on any atom is 0.345 e. The quantitative estimate of drug-likeness (QED) is 0.826. The van der Waals surface area contributed by atoms with Crippen LogP contribution in [0.2, 0.25) is 0 Å². The molecule has 9 heteroatoms. The summed E-state index contributed by atoms with van der Waals surface area (Å²) in [6, 6.07) is 0.307. The standard InChI is InChI=1S/C19H28N6O2S/c1-13-12-28-18(20-13)21-16(26)11-24-9-7-14(8-10-24)17-22-23(2)19(27)25(17)15-5-3-4-6-15/h12,14-15H,3-11H2,1-2H3,(H,20,21,26). The van der Waals surface area contributed by atoms with Crippen LogP contribution >= 0.6 is 11.3 Å². The van der Waals surface area contributed by atoms with Gasteiger partial charge in [0.2, 0.25) is 5.91 Å². The summed E-state index contributed by atoms with van der Waals surface area (Å²) < 4.78 is 3.45. The molecule has 0 spiro atoms. The van der Waals surface area contributed by atoms with Gasteiger partial charge in [0.15, 0.2) is 5.13 Å². The minimum atomic E-state index is -0.0199. The zero-order valence-electron chi connectivity index (χ0n) is 16.6. The Morgan fingerprint density at radius 1 is 1.25 bits per heavy atom. The van der Waals surface area contributed by atoms with Gasteiger partial charge in [-0.1, -0.05) is 12.8 Å². The van der Waals surface area contributed by atoms with E-state index in [4.69, 9.17) is 0 Å². The van der Waals surface area contributed by atoms with Gasteiger partial charge in [0.05, 0.1) is 12.2 Å². The van der Waals surface area contributed by atoms with Crippen molar-refractivity contribution in [3.05, 3.63) is 27.4 Å². The lowest BCUT2D eigenvalue weighted by atomic mass is 9.95. The first-order valence-corrected chi connectivity index (χ1v) is 11.0. The van der Waals surface area contributed by atoms with Crippen LogP contribution in [-0.4, -0.2) is 49.8 Å². The van der Waals surface area contributed by atoms with Gasteiger partial charge in [0.1, 0.15) is 5.82 Å². The third kappa shape index (κ3) is 4.05. The molecule has 2 aromatic heterocycles. The minimum absolute atomic E-state index is 0.0162. The normalized spacial score (nSPS) is 19.4. The topological polar surface area (TPSA) is 85.0 Å². The second-order valence-corrected chi connectivity index (χ2v) is 8.82. The first-order valence-electron chi connectivity index (χ1n) is 10.1. The Kier molecular flexibility index (Phi) is 5.63. The van der Waals surface area contributed by atoms with Gasteiger partial charge in [-0.3, -0.25) is 14.3 Å². The summed E-state index contributed by atoms with van der Waals surface area (Å²) in [5, 5.41) is 10.0. The molecule has 1 aliphatic carbocycles. The van der Waals surface area contributed by atoms with Crippen LogP contribution in [-0.2, 0) is 11.8 Å². The number of aryl methyl sites for hydroxylation is 2. The minimum Gasteiger partial charge on any atom is -0.301 e. The molecule has 0 atom stereocenters. The molecule has 0 aromatic carbocycles. The number of carbonyl (C=O) groups is 1. The van der Waals surface area contributed by atoms with E-state index in [0.717, 1.165) is 50.3 Å². The zero-order chi connectivity index (χ0) is 19.7. The molecule has 8 nitrogen and oxygen atoms in total. The van der Waals surface area contributed by atoms with Crippen LogP contribution in [0, 0.1) is 6.92 Å². The number of nitrogens with zero attached hydrogens (tertiary/aromatic N) is 5. The van der Waals surface area contributed by atoms with Gasteiger partial charge in [0, 0.05) is 24.4 Å². The molecule has 1 N–H and O–H groups in total. The third-order valence-corrected chi connectivity index (χ3v) is 6.73. The van der Waals surface area contributed by atoms with Gasteiger partial charge in [-0.2, -0.15) is 5.10 Å². The van der Waals surface area contributed by atoms with Gasteiger partial charge in [0.25, 0.3) is 0 Å². The van der Waals surface area contributed by atoms with Gasteiger partial charge in [-0.05, 0) is 45.7 Å². The number of hydrogen-bond donors (Lipinski definition) is 1. The van der Waals surface area contributed by atoms with E-state index in [9.17, 15) is 9.59 Å². The number of likely N-dealkylation sites (tertiary alicyclic amines) is 1. The predicted octanol–water partition coefficient (Wildman–Crippen LogP) is 2.28. The molecular weight excluding hydrogens is 376 g/mol. The summed E-state index contributed by atoms with van der Waals surface area (Å²) >= 11 is 1.45. The summed E-state index contributed by atoms with van der Waals surface area (Å²) in [4.78, 5) is 31.3. The van der Waals surface area contributed by atoms with Crippen molar-refractivity contribution in [3.8, 4) is 0 Å². The van der Waals surface area contributed by atoms with E-state index in [1.165, 1.54) is 28.9 Å². The predicted molar refractivity (Wildman–Crippen MR) is 109 cm³/mol. The van der Waals surface area contributed by atoms with E-state index in [1.807, 2.05) is 16.9 Å². The van der Waals surface area contributed by atoms with Crippen molar-refractivity contribution in [2.75, 3.05) is 25.0 Å². The number of piperidine rings is 1. The van der Waals surface area contributed by atoms with Crippen LogP contribution in [0.15, 0.2) is 10.2 Å². The zero-order valence-corrected chi connectivity index (χ0v) is 17.4. The molecule has 28 heavy (non-hydrogen) atoms. The summed E-state index contributed by atoms with van der Waals surface area (Å²) in [5.41, 5.74) is 0.937. The van der Waals surface area contributed by atoms with Gasteiger partial charge < -0.3 is 5.32 Å². The lowest BCUT2D eigenvalue weighted by molar-refractivity contribution is -0.117. The number of hydrogen-bond acceptors (Lipinski definition) is 6. The van der Waals surface area contributed by atoms with Crippen molar-refractivity contribution < 1.29 is 4.79 Å². The molecule has 1 aliphatic heterocycles. The maximum atomic E-state index is 12.6. The molecule has 2 fully saturated rings. The molecule has 3 heterocycles. The molecule has 0 unspecified atom stereocenters. The van der Waals surface area contributed by atoms with E-state index in [2.05, 4.69) is 20.3 Å². The smallest absolute Gasteiger partial charge is 0.301 e. The molecule has 152 valence electrons. The Bertz CT molecular complexity index is 887. The van der Waals surface area contributed by atoms with Crippen LogP contribution in [0.3, 0.4) is 0 Å². The molecule has 2 aromatic rings. The number of carbonyl (C=O) groups excluding carboxylic acids is 1. The van der Waals surface area contributed by atoms with Crippen molar-refractivity contribution in [1.29, 1.82) is 0 Å². The van der Waals surface area contributed by atoms with Gasteiger partial charge >= 0.3 is 5.69 Å². The summed E-state index contributed by atoms with van der Waals surface area (Å²) in [6.07, 6.45) is 6.39. The summed E-state index contributed by atoms with van der Waals surface area (Å²) in [7, 11) is 1.75. The number of anilines is 1. The number of rotatable bonds is 5. The Balaban J connectivity index is 1.36. The highest BCUT2D eigenvalue weighted by molar-refractivity contribution is 7.13. The largest absolute Gasteiger partial charge is 0.345 e. The number of aromatic nitrogens is 4. The monoisotopic (exact) mass is 404 g/mol. The first-order chi connectivity index (χ1) is 13.5. The molecule has 1 amide bonds. The summed E-state index contributed by atoms with van der Waals surface area (Å²) in [6.45, 7) is 3.97. The Labute approximate surface area is 168 Å². The van der Waals surface area contributed by atoms with Crippen LogP contribution < -0.4 is 11.0 Å². The van der Waals surface area contributed by atoms with E-state index >= 15 is 0 Å². The second-order valence-electron chi connectivity index (χ2n) is 7.97. The first kappa shape index (κ1) is 19.3. The fourth-order valence-corrected chi connectivity index (χ4v) is 5.11.